The molecule has 2 N–H and O–H groups in total. The number of likely N-dealkylation sites (N-methyl/N-ethyl adjacent to an activating group) is 1. The van der Waals surface area contributed by atoms with Gasteiger partial charge in [-0.1, -0.05) is 0 Å². The van der Waals surface area contributed by atoms with Crippen molar-refractivity contribution in [3.63, 3.8) is 0 Å². The Bertz CT molecular complexity index is 1340. The molecule has 0 bridgehead atoms. The number of hydrogen-bond donors (Lipinski definition) is 2. The van der Waals surface area contributed by atoms with Crippen molar-refractivity contribution in [3.05, 3.63) is 47.7 Å². The fourth-order valence-electron chi connectivity index (χ4n) is 3.87. The number of nitrogens with zero attached hydrogens (tertiary/aromatic N) is 3. The Hall–Kier alpha value is -3.09. The van der Waals surface area contributed by atoms with Gasteiger partial charge < -0.3 is 15.0 Å². The van der Waals surface area contributed by atoms with Gasteiger partial charge >= 0.3 is 0 Å². The average Bonchev–Trinajstić information content (AvgIpc) is 3.21. The van der Waals surface area contributed by atoms with E-state index < -0.39 is 34.0 Å². The third-order valence-electron chi connectivity index (χ3n) is 5.89. The highest BCUT2D eigenvalue weighted by molar-refractivity contribution is 7.89. The molecular weight excluding hydrogens is 480 g/mol. The van der Waals surface area contributed by atoms with Crippen molar-refractivity contribution >= 4 is 32.5 Å². The average molecular weight is 508 g/mol. The molecule has 1 amide bonds. The summed E-state index contributed by atoms with van der Waals surface area (Å²) in [5, 5.41) is 9.36. The maximum atomic E-state index is 13.4. The Morgan fingerprint density at radius 2 is 2.09 bits per heavy atom. The first kappa shape index (κ1) is 25.0. The number of carbonyl (C=O) groups excluding carboxylic acids is 1. The molecule has 1 fully saturated rings. The van der Waals surface area contributed by atoms with E-state index in [1.54, 1.807) is 18.2 Å². The highest BCUT2D eigenvalue weighted by Gasteiger charge is 2.44. The molecule has 0 unspecified atom stereocenters. The van der Waals surface area contributed by atoms with Crippen LogP contribution in [0.4, 0.5) is 14.5 Å². The van der Waals surface area contributed by atoms with Gasteiger partial charge in [-0.2, -0.15) is 9.40 Å². The first-order valence-corrected chi connectivity index (χ1v) is 12.5. The number of carbonyl (C=O) groups is 1. The number of alkyl halides is 2. The number of hydrogen-bond acceptors (Lipinski definition) is 6. The molecule has 0 spiro atoms. The van der Waals surface area contributed by atoms with Crippen molar-refractivity contribution in [1.29, 1.82) is 0 Å². The number of halogens is 2. The molecule has 4 rings (SSSR count). The van der Waals surface area contributed by atoms with Crippen LogP contribution in [0.25, 0.3) is 10.9 Å². The maximum absolute atomic E-state index is 13.4. The van der Waals surface area contributed by atoms with Crippen molar-refractivity contribution in [1.82, 2.24) is 19.4 Å². The monoisotopic (exact) mass is 507 g/mol. The van der Waals surface area contributed by atoms with Crippen LogP contribution in [0.3, 0.4) is 0 Å². The van der Waals surface area contributed by atoms with Crippen LogP contribution in [0.15, 0.2) is 41.4 Å². The van der Waals surface area contributed by atoms with Crippen LogP contribution in [0, 0.1) is 6.92 Å². The van der Waals surface area contributed by atoms with Gasteiger partial charge in [0.1, 0.15) is 23.3 Å². The minimum absolute atomic E-state index is 0.104. The van der Waals surface area contributed by atoms with E-state index in [0.717, 1.165) is 22.5 Å². The number of H-pyrrole nitrogens is 1. The fraction of sp³-hybridized carbons (Fsp3) is 0.391. The molecule has 0 radical (unpaired) electrons. The van der Waals surface area contributed by atoms with E-state index in [1.807, 2.05) is 25.9 Å². The third-order valence-corrected chi connectivity index (χ3v) is 7.82. The van der Waals surface area contributed by atoms with Gasteiger partial charge in [-0.25, -0.2) is 17.2 Å². The Morgan fingerprint density at radius 3 is 2.71 bits per heavy atom. The van der Waals surface area contributed by atoms with Crippen LogP contribution in [0.1, 0.15) is 24.0 Å². The minimum Gasteiger partial charge on any atom is -0.492 e. The van der Waals surface area contributed by atoms with Crippen molar-refractivity contribution in [2.24, 2.45) is 0 Å². The lowest BCUT2D eigenvalue weighted by Crippen LogP contribution is -2.56. The molecule has 1 aliphatic rings. The fourth-order valence-corrected chi connectivity index (χ4v) is 5.71. The van der Waals surface area contributed by atoms with Gasteiger partial charge in [0, 0.05) is 29.7 Å². The zero-order chi connectivity index (χ0) is 25.3. The van der Waals surface area contributed by atoms with E-state index >= 15 is 0 Å². The summed E-state index contributed by atoms with van der Waals surface area (Å²) >= 11 is 0. The predicted octanol–water partition coefficient (Wildman–Crippen LogP) is 3.15. The first-order chi connectivity index (χ1) is 16.6. The maximum Gasteiger partial charge on any atom is 0.263 e. The number of aromatic amines is 1. The Morgan fingerprint density at radius 1 is 1.31 bits per heavy atom. The molecule has 1 aliphatic heterocycles. The number of sulfonamides is 1. The van der Waals surface area contributed by atoms with Crippen LogP contribution >= 0.6 is 0 Å². The largest absolute Gasteiger partial charge is 0.492 e. The molecule has 1 aromatic heterocycles. The molecule has 188 valence electrons. The summed E-state index contributed by atoms with van der Waals surface area (Å²) in [6.07, 6.45) is -1.25. The molecular formula is C23H27F2N5O4S. The minimum atomic E-state index is -4.23. The van der Waals surface area contributed by atoms with Crippen molar-refractivity contribution < 1.29 is 26.7 Å². The summed E-state index contributed by atoms with van der Waals surface area (Å²) in [6, 6.07) is 6.37. The molecule has 12 heteroatoms. The summed E-state index contributed by atoms with van der Waals surface area (Å²) in [5.74, 6) is 0.201. The molecule has 1 atom stereocenters. The standard InChI is InChI=1S/C23H27F2N5O4S/c1-14-10-17(4-5-19(14)34-9-8-29(2)3)27-23(31)18-6-7-30(18)35(32,33)20-12-15(22(24)25)11-16-13-26-28-21(16)20/h4-5,10-13,18,22H,6-9H2,1-3H3,(H,26,28)(H,27,31)/t18-/m0/s1. The molecule has 9 nitrogen and oxygen atoms in total. The van der Waals surface area contributed by atoms with Gasteiger partial charge in [-0.15, -0.1) is 0 Å². The molecule has 0 saturated carbocycles. The number of aryl methyl sites for hydroxylation is 1. The zero-order valence-corrected chi connectivity index (χ0v) is 20.4. The van der Waals surface area contributed by atoms with E-state index in [4.69, 9.17) is 4.74 Å². The van der Waals surface area contributed by atoms with Gasteiger partial charge in [-0.3, -0.25) is 9.89 Å². The second-order valence-corrected chi connectivity index (χ2v) is 10.6. The van der Waals surface area contributed by atoms with Crippen molar-refractivity contribution in [3.8, 4) is 5.75 Å². The number of amides is 1. The van der Waals surface area contributed by atoms with E-state index in [-0.39, 0.29) is 22.3 Å². The van der Waals surface area contributed by atoms with Gasteiger partial charge in [0.2, 0.25) is 15.9 Å². The number of ether oxygens (including phenoxy) is 1. The molecule has 0 aliphatic carbocycles. The summed E-state index contributed by atoms with van der Waals surface area (Å²) in [4.78, 5) is 14.6. The SMILES string of the molecule is Cc1cc(NC(=O)[C@@H]2CCN2S(=O)(=O)c2cc(C(F)F)cc3cn[nH]c23)ccc1OCCN(C)C. The van der Waals surface area contributed by atoms with E-state index in [2.05, 4.69) is 15.5 Å². The second-order valence-electron chi connectivity index (χ2n) is 8.70. The summed E-state index contributed by atoms with van der Waals surface area (Å²) in [5.41, 5.74) is 1.03. The number of rotatable bonds is 9. The van der Waals surface area contributed by atoms with Crippen molar-refractivity contribution in [2.45, 2.75) is 30.7 Å². The van der Waals surface area contributed by atoms with E-state index in [0.29, 0.717) is 24.5 Å². The summed E-state index contributed by atoms with van der Waals surface area (Å²) < 4.78 is 60.2. The molecule has 35 heavy (non-hydrogen) atoms. The molecule has 1 saturated heterocycles. The van der Waals surface area contributed by atoms with Gasteiger partial charge in [0.25, 0.3) is 6.43 Å². The lowest BCUT2D eigenvalue weighted by Gasteiger charge is -2.38. The number of nitrogens with one attached hydrogen (secondary N) is 2. The number of fused-ring (bicyclic) bond motifs is 1. The lowest BCUT2D eigenvalue weighted by atomic mass is 10.1. The van der Waals surface area contributed by atoms with Crippen LogP contribution in [0.2, 0.25) is 0 Å². The van der Waals surface area contributed by atoms with Gasteiger partial charge in [0.05, 0.1) is 11.7 Å². The quantitative estimate of drug-likeness (QED) is 0.461. The van der Waals surface area contributed by atoms with Gasteiger partial charge in [0.15, 0.2) is 0 Å². The smallest absolute Gasteiger partial charge is 0.263 e. The van der Waals surface area contributed by atoms with E-state index in [9.17, 15) is 22.0 Å². The summed E-state index contributed by atoms with van der Waals surface area (Å²) in [7, 11) is -0.329. The predicted molar refractivity (Wildman–Crippen MR) is 127 cm³/mol. The second kappa shape index (κ2) is 9.88. The number of benzene rings is 2. The topological polar surface area (TPSA) is 108 Å². The van der Waals surface area contributed by atoms with Crippen LogP contribution in [-0.4, -0.2) is 73.6 Å². The first-order valence-electron chi connectivity index (χ1n) is 11.0. The van der Waals surface area contributed by atoms with Gasteiger partial charge in [-0.05, 0) is 63.3 Å². The Labute approximate surface area is 202 Å². The highest BCUT2D eigenvalue weighted by atomic mass is 32.2. The zero-order valence-electron chi connectivity index (χ0n) is 19.6. The molecule has 2 aromatic carbocycles. The number of aromatic nitrogens is 2. The summed E-state index contributed by atoms with van der Waals surface area (Å²) in [6.45, 7) is 3.23. The van der Waals surface area contributed by atoms with Crippen LogP contribution in [0.5, 0.6) is 5.75 Å². The van der Waals surface area contributed by atoms with Crippen LogP contribution < -0.4 is 10.1 Å². The molecule has 2 heterocycles. The van der Waals surface area contributed by atoms with Crippen molar-refractivity contribution in [2.75, 3.05) is 39.1 Å². The Balaban J connectivity index is 1.50. The highest BCUT2D eigenvalue weighted by Crippen LogP contribution is 2.34. The third kappa shape index (κ3) is 5.14. The van der Waals surface area contributed by atoms with E-state index in [1.165, 1.54) is 12.3 Å². The molecule has 3 aromatic rings. The number of anilines is 1. The van der Waals surface area contributed by atoms with Crippen LogP contribution in [-0.2, 0) is 14.8 Å². The lowest BCUT2D eigenvalue weighted by molar-refractivity contribution is -0.122. The normalized spacial score (nSPS) is 16.6. The Kier molecular flexibility index (Phi) is 7.06.